The van der Waals surface area contributed by atoms with Crippen molar-refractivity contribution in [2.24, 2.45) is 0 Å². The second-order valence-corrected chi connectivity index (χ2v) is 3.58. The summed E-state index contributed by atoms with van der Waals surface area (Å²) in [7, 11) is 0. The van der Waals surface area contributed by atoms with Gasteiger partial charge < -0.3 is 10.6 Å². The number of amides is 2. The van der Waals surface area contributed by atoms with Crippen molar-refractivity contribution in [1.82, 2.24) is 20.4 Å². The van der Waals surface area contributed by atoms with Crippen molar-refractivity contribution in [3.05, 3.63) is 30.1 Å². The van der Waals surface area contributed by atoms with Crippen LogP contribution in [0.25, 0.3) is 0 Å². The molecule has 16 heavy (non-hydrogen) atoms. The molecule has 88 valence electrons. The van der Waals surface area contributed by atoms with Gasteiger partial charge in [0.15, 0.2) is 0 Å². The fourth-order valence-corrected chi connectivity index (χ4v) is 1.40. The Hall–Kier alpha value is -1.78. The van der Waals surface area contributed by atoms with Crippen molar-refractivity contribution in [3.63, 3.8) is 0 Å². The summed E-state index contributed by atoms with van der Waals surface area (Å²) in [6.45, 7) is 9.19. The first-order valence-corrected chi connectivity index (χ1v) is 5.27. The van der Waals surface area contributed by atoms with Gasteiger partial charge in [0.05, 0.1) is 12.2 Å². The normalized spacial score (nSPS) is 9.88. The van der Waals surface area contributed by atoms with E-state index < -0.39 is 0 Å². The van der Waals surface area contributed by atoms with Gasteiger partial charge in [-0.15, -0.1) is 6.58 Å². The average molecular weight is 222 g/mol. The summed E-state index contributed by atoms with van der Waals surface area (Å²) >= 11 is 0. The lowest BCUT2D eigenvalue weighted by Crippen LogP contribution is -2.37. The first-order chi connectivity index (χ1) is 7.63. The minimum absolute atomic E-state index is 0.179. The van der Waals surface area contributed by atoms with Crippen molar-refractivity contribution in [2.75, 3.05) is 13.1 Å². The molecule has 0 fully saturated rings. The van der Waals surface area contributed by atoms with Gasteiger partial charge in [-0.05, 0) is 19.9 Å². The molecule has 2 N–H and O–H groups in total. The Labute approximate surface area is 95.5 Å². The average Bonchev–Trinajstić information content (AvgIpc) is 2.55. The number of aromatic nitrogens is 2. The highest BCUT2D eigenvalue weighted by atomic mass is 16.2. The number of aryl methyl sites for hydroxylation is 2. The molecule has 0 aliphatic rings. The van der Waals surface area contributed by atoms with E-state index in [1.54, 1.807) is 6.08 Å². The van der Waals surface area contributed by atoms with E-state index in [0.717, 1.165) is 11.4 Å². The second kappa shape index (κ2) is 5.95. The summed E-state index contributed by atoms with van der Waals surface area (Å²) in [6, 6.07) is 1.83. The van der Waals surface area contributed by atoms with Gasteiger partial charge in [-0.1, -0.05) is 6.08 Å². The molecular formula is C11H18N4O. The Morgan fingerprint density at radius 3 is 2.88 bits per heavy atom. The molecule has 0 aromatic carbocycles. The topological polar surface area (TPSA) is 59.0 Å². The molecular weight excluding hydrogens is 204 g/mol. The Morgan fingerprint density at radius 1 is 1.56 bits per heavy atom. The van der Waals surface area contributed by atoms with Crippen molar-refractivity contribution >= 4 is 6.03 Å². The van der Waals surface area contributed by atoms with E-state index in [0.29, 0.717) is 19.6 Å². The molecule has 1 aromatic rings. The highest BCUT2D eigenvalue weighted by Crippen LogP contribution is 2.00. The summed E-state index contributed by atoms with van der Waals surface area (Å²) in [5, 5.41) is 9.68. The largest absolute Gasteiger partial charge is 0.336 e. The standard InChI is InChI=1S/C11H18N4O/c1-4-5-12-11(16)13-6-7-15-10(3)8-9(2)14-15/h4,8H,1,5-7H2,2-3H3,(H2,12,13,16). The number of hydrogen-bond donors (Lipinski definition) is 2. The lowest BCUT2D eigenvalue weighted by atomic mass is 10.4. The molecule has 0 spiro atoms. The predicted octanol–water partition coefficient (Wildman–Crippen LogP) is 0.985. The van der Waals surface area contributed by atoms with Gasteiger partial charge in [-0.25, -0.2) is 4.79 Å². The molecule has 0 atom stereocenters. The maximum Gasteiger partial charge on any atom is 0.315 e. The van der Waals surface area contributed by atoms with E-state index in [1.807, 2.05) is 24.6 Å². The van der Waals surface area contributed by atoms with Crippen LogP contribution in [0.1, 0.15) is 11.4 Å². The van der Waals surface area contributed by atoms with E-state index in [1.165, 1.54) is 0 Å². The minimum Gasteiger partial charge on any atom is -0.336 e. The molecule has 2 amide bonds. The molecule has 0 aliphatic carbocycles. The van der Waals surface area contributed by atoms with Gasteiger partial charge in [0.2, 0.25) is 0 Å². The molecule has 5 heteroatoms. The third kappa shape index (κ3) is 3.76. The molecule has 0 radical (unpaired) electrons. The first kappa shape index (κ1) is 12.3. The molecule has 0 unspecified atom stereocenters. The maximum atomic E-state index is 11.2. The minimum atomic E-state index is -0.179. The molecule has 0 saturated heterocycles. The molecule has 1 heterocycles. The number of nitrogens with zero attached hydrogens (tertiary/aromatic N) is 2. The summed E-state index contributed by atoms with van der Waals surface area (Å²) < 4.78 is 1.88. The first-order valence-electron chi connectivity index (χ1n) is 5.27. The van der Waals surface area contributed by atoms with Crippen molar-refractivity contribution < 1.29 is 4.79 Å². The fourth-order valence-electron chi connectivity index (χ4n) is 1.40. The van der Waals surface area contributed by atoms with Crippen LogP contribution in [0.3, 0.4) is 0 Å². The molecule has 0 aliphatic heterocycles. The van der Waals surface area contributed by atoms with E-state index in [2.05, 4.69) is 22.3 Å². The van der Waals surface area contributed by atoms with Crippen LogP contribution in [0.4, 0.5) is 4.79 Å². The Kier molecular flexibility index (Phi) is 4.57. The smallest absolute Gasteiger partial charge is 0.315 e. The SMILES string of the molecule is C=CCNC(=O)NCCn1nc(C)cc1C. The van der Waals surface area contributed by atoms with E-state index in [4.69, 9.17) is 0 Å². The fraction of sp³-hybridized carbons (Fsp3) is 0.455. The Bertz CT molecular complexity index is 370. The van der Waals surface area contributed by atoms with Crippen LogP contribution in [-0.4, -0.2) is 28.9 Å². The van der Waals surface area contributed by atoms with Crippen molar-refractivity contribution in [2.45, 2.75) is 20.4 Å². The van der Waals surface area contributed by atoms with Crippen LogP contribution in [0.15, 0.2) is 18.7 Å². The monoisotopic (exact) mass is 222 g/mol. The van der Waals surface area contributed by atoms with E-state index >= 15 is 0 Å². The van der Waals surface area contributed by atoms with Crippen molar-refractivity contribution in [1.29, 1.82) is 0 Å². The van der Waals surface area contributed by atoms with Gasteiger partial charge in [-0.2, -0.15) is 5.10 Å². The molecule has 0 saturated carbocycles. The second-order valence-electron chi connectivity index (χ2n) is 3.58. The van der Waals surface area contributed by atoms with Gasteiger partial charge in [0, 0.05) is 18.8 Å². The number of carbonyl (C=O) groups excluding carboxylic acids is 1. The molecule has 0 bridgehead atoms. The van der Waals surface area contributed by atoms with Gasteiger partial charge in [0.1, 0.15) is 0 Å². The van der Waals surface area contributed by atoms with E-state index in [-0.39, 0.29) is 6.03 Å². The summed E-state index contributed by atoms with van der Waals surface area (Å²) in [5.41, 5.74) is 2.10. The number of rotatable bonds is 5. The van der Waals surface area contributed by atoms with Crippen LogP contribution in [0, 0.1) is 13.8 Å². The number of carbonyl (C=O) groups is 1. The highest BCUT2D eigenvalue weighted by Gasteiger charge is 2.01. The van der Waals surface area contributed by atoms with Crippen LogP contribution in [0.5, 0.6) is 0 Å². The molecule has 1 rings (SSSR count). The van der Waals surface area contributed by atoms with Crippen LogP contribution >= 0.6 is 0 Å². The summed E-state index contributed by atoms with van der Waals surface area (Å²) in [6.07, 6.45) is 1.64. The predicted molar refractivity (Wildman–Crippen MR) is 63.3 cm³/mol. The summed E-state index contributed by atoms with van der Waals surface area (Å²) in [5.74, 6) is 0. The van der Waals surface area contributed by atoms with Crippen LogP contribution in [0.2, 0.25) is 0 Å². The lowest BCUT2D eigenvalue weighted by molar-refractivity contribution is 0.241. The van der Waals surface area contributed by atoms with E-state index in [9.17, 15) is 4.79 Å². The zero-order valence-electron chi connectivity index (χ0n) is 9.79. The number of nitrogens with one attached hydrogen (secondary N) is 2. The quantitative estimate of drug-likeness (QED) is 0.730. The third-order valence-electron chi connectivity index (χ3n) is 2.12. The highest BCUT2D eigenvalue weighted by molar-refractivity contribution is 5.73. The Morgan fingerprint density at radius 2 is 2.31 bits per heavy atom. The molecule has 5 nitrogen and oxygen atoms in total. The van der Waals surface area contributed by atoms with Crippen LogP contribution < -0.4 is 10.6 Å². The lowest BCUT2D eigenvalue weighted by Gasteiger charge is -2.07. The maximum absolute atomic E-state index is 11.2. The molecule has 1 aromatic heterocycles. The number of urea groups is 1. The Balaban J connectivity index is 2.27. The zero-order chi connectivity index (χ0) is 12.0. The number of hydrogen-bond acceptors (Lipinski definition) is 2. The van der Waals surface area contributed by atoms with Gasteiger partial charge >= 0.3 is 6.03 Å². The third-order valence-corrected chi connectivity index (χ3v) is 2.12. The van der Waals surface area contributed by atoms with Gasteiger partial charge in [0.25, 0.3) is 0 Å². The summed E-state index contributed by atoms with van der Waals surface area (Å²) in [4.78, 5) is 11.2. The van der Waals surface area contributed by atoms with Crippen molar-refractivity contribution in [3.8, 4) is 0 Å². The van der Waals surface area contributed by atoms with Crippen LogP contribution in [-0.2, 0) is 6.54 Å². The zero-order valence-corrected chi connectivity index (χ0v) is 9.79. The van der Waals surface area contributed by atoms with Gasteiger partial charge in [-0.3, -0.25) is 4.68 Å².